The molecule has 11 heteroatoms. The van der Waals surface area contributed by atoms with Crippen molar-refractivity contribution >= 4 is 41.3 Å². The Balaban J connectivity index is 1.61. The minimum Gasteiger partial charge on any atom is -0.495 e. The molecule has 2 aromatic heterocycles. The highest BCUT2D eigenvalue weighted by Crippen LogP contribution is 2.30. The maximum absolute atomic E-state index is 6.18. The smallest absolute Gasteiger partial charge is 0.250 e. The van der Waals surface area contributed by atoms with Crippen LogP contribution in [0.2, 0.25) is 5.02 Å². The number of ether oxygens (including phenoxy) is 1. The molecule has 35 heavy (non-hydrogen) atoms. The molecule has 0 bridgehead atoms. The number of rotatable bonds is 10. The van der Waals surface area contributed by atoms with Gasteiger partial charge in [0.25, 0.3) is 0 Å². The van der Waals surface area contributed by atoms with Crippen LogP contribution in [0.1, 0.15) is 19.4 Å². The van der Waals surface area contributed by atoms with Gasteiger partial charge in [0.2, 0.25) is 17.8 Å². The molecule has 3 N–H and O–H groups in total. The van der Waals surface area contributed by atoms with Crippen LogP contribution in [0.4, 0.5) is 23.5 Å². The van der Waals surface area contributed by atoms with E-state index in [1.807, 2.05) is 49.1 Å². The highest BCUT2D eigenvalue weighted by molar-refractivity contribution is 6.31. The number of halogens is 1. The first-order chi connectivity index (χ1) is 17.1. The lowest BCUT2D eigenvalue weighted by atomic mass is 10.1. The van der Waals surface area contributed by atoms with Crippen molar-refractivity contribution in [2.45, 2.75) is 13.8 Å². The summed E-state index contributed by atoms with van der Waals surface area (Å²) < 4.78 is 5.43. The van der Waals surface area contributed by atoms with E-state index in [4.69, 9.17) is 16.3 Å². The van der Waals surface area contributed by atoms with Crippen molar-refractivity contribution in [3.63, 3.8) is 0 Å². The topological polar surface area (TPSA) is 116 Å². The number of nitrogens with one attached hydrogen (secondary N) is 3. The van der Waals surface area contributed by atoms with Crippen molar-refractivity contribution in [1.29, 1.82) is 0 Å². The van der Waals surface area contributed by atoms with Gasteiger partial charge in [0, 0.05) is 29.2 Å². The fraction of sp³-hybridized carbons (Fsp3) is 0.208. The molecule has 0 aliphatic carbocycles. The summed E-state index contributed by atoms with van der Waals surface area (Å²) in [5.41, 5.74) is 6.25. The molecule has 2 aromatic carbocycles. The highest BCUT2D eigenvalue weighted by atomic mass is 35.5. The van der Waals surface area contributed by atoms with Crippen LogP contribution in [0.25, 0.3) is 11.3 Å². The first kappa shape index (κ1) is 24.0. The number of nitrogens with zero attached hydrogens (tertiary/aromatic N) is 6. The first-order valence-corrected chi connectivity index (χ1v) is 11.5. The summed E-state index contributed by atoms with van der Waals surface area (Å²) in [7, 11) is 1.59. The molecule has 0 atom stereocenters. The Bertz CT molecular complexity index is 1290. The lowest BCUT2D eigenvalue weighted by Gasteiger charge is -2.19. The number of hydrogen-bond donors (Lipinski definition) is 3. The van der Waals surface area contributed by atoms with E-state index < -0.39 is 0 Å². The van der Waals surface area contributed by atoms with Crippen LogP contribution < -0.4 is 20.4 Å². The fourth-order valence-electron chi connectivity index (χ4n) is 3.41. The summed E-state index contributed by atoms with van der Waals surface area (Å²) in [5, 5.41) is 15.2. The Kier molecular flexibility index (Phi) is 7.74. The number of methoxy groups -OCH3 is 1. The predicted octanol–water partition coefficient (Wildman–Crippen LogP) is 4.96. The number of hydrogen-bond acceptors (Lipinski definition) is 9. The normalized spacial score (nSPS) is 11.0. The fourth-order valence-corrected chi connectivity index (χ4v) is 3.58. The van der Waals surface area contributed by atoms with Crippen molar-refractivity contribution in [3.8, 4) is 17.0 Å². The standard InChI is InChI=1S/C24H26ClN9O/c1-4-34(5-2)24-30-22(28-19-13-18(25)11-12-20(19)35-3)29-23(31-24)33-27-15-17-14-26-32-21(17)16-9-7-6-8-10-16/h6-15H,4-5H2,1-3H3,(H,26,32)(H2,28,29,30,31,33)/b27-15-. The second kappa shape index (κ2) is 11.3. The highest BCUT2D eigenvalue weighted by Gasteiger charge is 2.13. The van der Waals surface area contributed by atoms with E-state index in [2.05, 4.69) is 41.0 Å². The molecule has 0 radical (unpaired) electrons. The molecule has 0 aliphatic rings. The summed E-state index contributed by atoms with van der Waals surface area (Å²) in [6, 6.07) is 15.2. The third-order valence-electron chi connectivity index (χ3n) is 5.18. The summed E-state index contributed by atoms with van der Waals surface area (Å²) in [6.45, 7) is 5.54. The van der Waals surface area contributed by atoms with Gasteiger partial charge in [-0.1, -0.05) is 41.9 Å². The summed E-state index contributed by atoms with van der Waals surface area (Å²) in [5.74, 6) is 1.74. The van der Waals surface area contributed by atoms with E-state index >= 15 is 0 Å². The van der Waals surface area contributed by atoms with E-state index in [0.29, 0.717) is 28.4 Å². The SMILES string of the molecule is CCN(CC)c1nc(N/N=C\c2cn[nH]c2-c2ccccc2)nc(Nc2cc(Cl)ccc2OC)n1. The van der Waals surface area contributed by atoms with E-state index in [0.717, 1.165) is 29.9 Å². The Morgan fingerprint density at radius 2 is 1.83 bits per heavy atom. The van der Waals surface area contributed by atoms with Crippen molar-refractivity contribution in [2.75, 3.05) is 35.8 Å². The zero-order valence-electron chi connectivity index (χ0n) is 19.7. The van der Waals surface area contributed by atoms with Crippen molar-refractivity contribution in [1.82, 2.24) is 25.1 Å². The molecule has 4 rings (SSSR count). The molecule has 4 aromatic rings. The Morgan fingerprint density at radius 1 is 1.06 bits per heavy atom. The van der Waals surface area contributed by atoms with Gasteiger partial charge in [0.05, 0.1) is 30.9 Å². The molecule has 0 saturated heterocycles. The largest absolute Gasteiger partial charge is 0.495 e. The van der Waals surface area contributed by atoms with Crippen LogP contribution in [0, 0.1) is 0 Å². The average molecular weight is 492 g/mol. The van der Waals surface area contributed by atoms with Crippen LogP contribution in [-0.4, -0.2) is 51.6 Å². The molecule has 0 fully saturated rings. The summed E-state index contributed by atoms with van der Waals surface area (Å²) in [6.07, 6.45) is 3.38. The number of benzene rings is 2. The van der Waals surface area contributed by atoms with Crippen LogP contribution >= 0.6 is 11.6 Å². The second-order valence-electron chi connectivity index (χ2n) is 7.36. The van der Waals surface area contributed by atoms with E-state index in [-0.39, 0.29) is 5.95 Å². The van der Waals surface area contributed by atoms with Gasteiger partial charge in [0.15, 0.2) is 0 Å². The minimum atomic E-state index is 0.284. The molecular weight excluding hydrogens is 466 g/mol. The van der Waals surface area contributed by atoms with Gasteiger partial charge in [-0.25, -0.2) is 5.43 Å². The Morgan fingerprint density at radius 3 is 2.57 bits per heavy atom. The monoisotopic (exact) mass is 491 g/mol. The van der Waals surface area contributed by atoms with Crippen LogP contribution in [-0.2, 0) is 0 Å². The van der Waals surface area contributed by atoms with Crippen molar-refractivity contribution in [3.05, 3.63) is 65.3 Å². The first-order valence-electron chi connectivity index (χ1n) is 11.1. The van der Waals surface area contributed by atoms with Gasteiger partial charge < -0.3 is 15.0 Å². The second-order valence-corrected chi connectivity index (χ2v) is 7.80. The number of H-pyrrole nitrogens is 1. The minimum absolute atomic E-state index is 0.284. The molecule has 0 aliphatic heterocycles. The maximum Gasteiger partial charge on any atom is 0.250 e. The van der Waals surface area contributed by atoms with E-state index in [1.165, 1.54) is 0 Å². The molecule has 180 valence electrons. The lowest BCUT2D eigenvalue weighted by molar-refractivity contribution is 0.417. The van der Waals surface area contributed by atoms with Crippen LogP contribution in [0.15, 0.2) is 59.8 Å². The average Bonchev–Trinajstić information content (AvgIpc) is 3.34. The zero-order valence-corrected chi connectivity index (χ0v) is 20.4. The zero-order chi connectivity index (χ0) is 24.6. The van der Waals surface area contributed by atoms with Crippen LogP contribution in [0.3, 0.4) is 0 Å². The molecule has 0 spiro atoms. The third kappa shape index (κ3) is 5.85. The Labute approximate surface area is 208 Å². The van der Waals surface area contributed by atoms with Gasteiger partial charge in [-0.2, -0.15) is 25.2 Å². The maximum atomic E-state index is 6.18. The molecule has 10 nitrogen and oxygen atoms in total. The summed E-state index contributed by atoms with van der Waals surface area (Å²) >= 11 is 6.18. The summed E-state index contributed by atoms with van der Waals surface area (Å²) in [4.78, 5) is 15.6. The number of aromatic amines is 1. The quantitative estimate of drug-likeness (QED) is 0.210. The van der Waals surface area contributed by atoms with Gasteiger partial charge >= 0.3 is 0 Å². The van der Waals surface area contributed by atoms with Gasteiger partial charge in [-0.05, 0) is 32.0 Å². The lowest BCUT2D eigenvalue weighted by Crippen LogP contribution is -2.25. The van der Waals surface area contributed by atoms with Crippen molar-refractivity contribution in [2.24, 2.45) is 5.10 Å². The third-order valence-corrected chi connectivity index (χ3v) is 5.41. The Hall–Kier alpha value is -4.18. The molecule has 0 amide bonds. The molecule has 2 heterocycles. The van der Waals surface area contributed by atoms with Crippen LogP contribution in [0.5, 0.6) is 5.75 Å². The van der Waals surface area contributed by atoms with Gasteiger partial charge in [-0.15, -0.1) is 0 Å². The molecule has 0 unspecified atom stereocenters. The molecular formula is C24H26ClN9O. The number of aromatic nitrogens is 5. The number of hydrazone groups is 1. The number of anilines is 4. The molecule has 0 saturated carbocycles. The van der Waals surface area contributed by atoms with Gasteiger partial charge in [-0.3, -0.25) is 5.10 Å². The van der Waals surface area contributed by atoms with E-state index in [1.54, 1.807) is 37.7 Å². The van der Waals surface area contributed by atoms with Gasteiger partial charge in [0.1, 0.15) is 5.75 Å². The van der Waals surface area contributed by atoms with Crippen molar-refractivity contribution < 1.29 is 4.74 Å². The van der Waals surface area contributed by atoms with E-state index in [9.17, 15) is 0 Å². The predicted molar refractivity (Wildman–Crippen MR) is 140 cm³/mol.